The fourth-order valence-electron chi connectivity index (χ4n) is 6.52. The summed E-state index contributed by atoms with van der Waals surface area (Å²) >= 11 is 0. The molecule has 2 saturated carbocycles. The molecular weight excluding hydrogens is 509 g/mol. The zero-order valence-corrected chi connectivity index (χ0v) is 23.5. The quantitative estimate of drug-likeness (QED) is 0.299. The first-order chi connectivity index (χ1) is 19.2. The van der Waals surface area contributed by atoms with Gasteiger partial charge in [-0.05, 0) is 74.0 Å². The van der Waals surface area contributed by atoms with Crippen LogP contribution in [-0.2, 0) is 16.1 Å². The second-order valence-corrected chi connectivity index (χ2v) is 12.1. The number of carbonyl (C=O) groups excluding carboxylic acids is 2. The van der Waals surface area contributed by atoms with Crippen LogP contribution >= 0.6 is 0 Å². The second-order valence-electron chi connectivity index (χ2n) is 12.1. The highest BCUT2D eigenvalue weighted by Gasteiger charge is 2.44. The molecule has 2 aromatic rings. The molecule has 0 radical (unpaired) electrons. The number of amides is 1. The second kappa shape index (κ2) is 11.7. The number of benzene rings is 2. The number of likely N-dealkylation sites (tertiary alicyclic amines) is 1. The van der Waals surface area contributed by atoms with E-state index in [9.17, 15) is 14.7 Å². The van der Waals surface area contributed by atoms with Crippen molar-refractivity contribution in [2.45, 2.75) is 83.5 Å². The predicted octanol–water partition coefficient (Wildman–Crippen LogP) is 6.17. The van der Waals surface area contributed by atoms with Crippen LogP contribution in [0.25, 0.3) is 0 Å². The molecule has 3 fully saturated rings. The minimum Gasteiger partial charge on any atom is -0.493 e. The topological polar surface area (TPSA) is 76.1 Å². The molecule has 2 aliphatic carbocycles. The molecule has 1 amide bonds. The number of rotatable bonds is 9. The van der Waals surface area contributed by atoms with E-state index < -0.39 is 29.8 Å². The summed E-state index contributed by atoms with van der Waals surface area (Å²) in [6.07, 6.45) is 5.00. The van der Waals surface area contributed by atoms with Crippen LogP contribution in [0.1, 0.15) is 86.2 Å². The van der Waals surface area contributed by atoms with Crippen molar-refractivity contribution < 1.29 is 28.6 Å². The largest absolute Gasteiger partial charge is 0.493 e. The van der Waals surface area contributed by atoms with E-state index in [4.69, 9.17) is 9.47 Å². The third kappa shape index (κ3) is 6.09. The van der Waals surface area contributed by atoms with E-state index in [0.717, 1.165) is 49.7 Å². The van der Waals surface area contributed by atoms with Gasteiger partial charge in [0.05, 0.1) is 18.3 Å². The molecule has 7 heteroatoms. The Kier molecular flexibility index (Phi) is 8.31. The molecule has 6 nitrogen and oxygen atoms in total. The number of esters is 1. The van der Waals surface area contributed by atoms with E-state index in [-0.39, 0.29) is 36.5 Å². The maximum Gasteiger partial charge on any atom is 0.331 e. The monoisotopic (exact) mass is 549 g/mol. The Labute approximate surface area is 236 Å². The number of allylic oxidation sites excluding steroid dienone is 1. The normalized spacial score (nSPS) is 26.6. The molecule has 1 N–H and O–H groups in total. The van der Waals surface area contributed by atoms with Gasteiger partial charge in [-0.25, -0.2) is 9.18 Å². The summed E-state index contributed by atoms with van der Waals surface area (Å²) in [6.45, 7) is 9.31. The number of ether oxygens (including phenoxy) is 2. The van der Waals surface area contributed by atoms with Crippen molar-refractivity contribution >= 4 is 11.9 Å². The Bertz CT molecular complexity index is 1260. The molecule has 2 unspecified atom stereocenters. The van der Waals surface area contributed by atoms with Crippen molar-refractivity contribution in [1.82, 2.24) is 4.90 Å². The molecule has 2 aromatic carbocycles. The van der Waals surface area contributed by atoms with Crippen LogP contribution in [0.5, 0.6) is 5.75 Å². The Morgan fingerprint density at radius 3 is 2.60 bits per heavy atom. The van der Waals surface area contributed by atoms with Crippen molar-refractivity contribution in [2.75, 3.05) is 13.2 Å². The number of hydrogen-bond donors (Lipinski definition) is 1. The van der Waals surface area contributed by atoms with Crippen LogP contribution in [0, 0.1) is 17.2 Å². The molecule has 0 spiro atoms. The van der Waals surface area contributed by atoms with Crippen molar-refractivity contribution in [3.8, 4) is 5.75 Å². The van der Waals surface area contributed by atoms with E-state index >= 15 is 4.39 Å². The molecule has 5 rings (SSSR count). The fraction of sp³-hybridized carbons (Fsp3) is 0.515. The van der Waals surface area contributed by atoms with Crippen LogP contribution < -0.4 is 4.74 Å². The molecule has 3 aliphatic rings. The smallest absolute Gasteiger partial charge is 0.331 e. The van der Waals surface area contributed by atoms with Crippen LogP contribution in [0.15, 0.2) is 54.6 Å². The zero-order chi connectivity index (χ0) is 28.4. The standard InChI is InChI=1S/C33H40FNO5/c1-4-33(17-21(2)14-22(3)18-33)20-40-29-16-27(34)26(15-25(29)24-10-11-24)31(37)35-13-12-28(36)30(35)32(38)39-19-23-8-6-5-7-9-23/h5-9,15-16,22,24,28,30,36H,2,4,10-14,17-20H2,1,3H3/t22?,28-,30+,33?/m1/s1. The minimum atomic E-state index is -1.18. The SMILES string of the molecule is C=C1CC(C)CC(CC)(COc2cc(F)c(C(=O)N3CC[C@@H](O)[C@H]3C(=O)OCc3ccccc3)cc2C2CC2)C1. The number of hydrogen-bond acceptors (Lipinski definition) is 5. The lowest BCUT2D eigenvalue weighted by molar-refractivity contribution is -0.152. The number of nitrogens with zero attached hydrogens (tertiary/aromatic N) is 1. The Hall–Kier alpha value is -3.19. The van der Waals surface area contributed by atoms with Gasteiger partial charge in [0.1, 0.15) is 18.2 Å². The molecular formula is C33H40FNO5. The minimum absolute atomic E-state index is 0.0282. The summed E-state index contributed by atoms with van der Waals surface area (Å²) in [5.74, 6) is -0.754. The van der Waals surface area contributed by atoms with Crippen LogP contribution in [0.2, 0.25) is 0 Å². The maximum absolute atomic E-state index is 15.6. The average Bonchev–Trinajstić information content (AvgIpc) is 3.71. The van der Waals surface area contributed by atoms with Crippen molar-refractivity contribution in [3.63, 3.8) is 0 Å². The van der Waals surface area contributed by atoms with Gasteiger partial charge in [0.25, 0.3) is 5.91 Å². The van der Waals surface area contributed by atoms with Gasteiger partial charge in [0, 0.05) is 18.0 Å². The lowest BCUT2D eigenvalue weighted by atomic mass is 9.67. The summed E-state index contributed by atoms with van der Waals surface area (Å²) in [7, 11) is 0. The molecule has 4 atom stereocenters. The third-order valence-corrected chi connectivity index (χ3v) is 8.77. The van der Waals surface area contributed by atoms with E-state index in [1.807, 2.05) is 30.3 Å². The molecule has 1 saturated heterocycles. The fourth-order valence-corrected chi connectivity index (χ4v) is 6.52. The predicted molar refractivity (Wildman–Crippen MR) is 150 cm³/mol. The molecule has 214 valence electrons. The molecule has 40 heavy (non-hydrogen) atoms. The molecule has 1 heterocycles. The van der Waals surface area contributed by atoms with Gasteiger partial charge in [-0.3, -0.25) is 4.79 Å². The number of aliphatic hydroxyl groups is 1. The van der Waals surface area contributed by atoms with E-state index in [0.29, 0.717) is 18.3 Å². The summed E-state index contributed by atoms with van der Waals surface area (Å²) in [5.41, 5.74) is 2.74. The average molecular weight is 550 g/mol. The number of carbonyl (C=O) groups is 2. The van der Waals surface area contributed by atoms with Gasteiger partial charge in [-0.2, -0.15) is 0 Å². The summed E-state index contributed by atoms with van der Waals surface area (Å²) in [4.78, 5) is 27.8. The lowest BCUT2D eigenvalue weighted by Crippen LogP contribution is -2.46. The van der Waals surface area contributed by atoms with Crippen molar-refractivity contribution in [2.24, 2.45) is 11.3 Å². The lowest BCUT2D eigenvalue weighted by Gasteiger charge is -2.40. The molecule has 0 bridgehead atoms. The van der Waals surface area contributed by atoms with Gasteiger partial charge in [-0.15, -0.1) is 0 Å². The highest BCUT2D eigenvalue weighted by Crippen LogP contribution is 2.48. The molecule has 1 aliphatic heterocycles. The van der Waals surface area contributed by atoms with Gasteiger partial charge in [0.15, 0.2) is 6.04 Å². The van der Waals surface area contributed by atoms with E-state index in [2.05, 4.69) is 20.4 Å². The first-order valence-electron chi connectivity index (χ1n) is 14.5. The van der Waals surface area contributed by atoms with Gasteiger partial charge < -0.3 is 19.5 Å². The van der Waals surface area contributed by atoms with Crippen LogP contribution in [0.3, 0.4) is 0 Å². The number of aliphatic hydroxyl groups excluding tert-OH is 1. The van der Waals surface area contributed by atoms with Gasteiger partial charge in [-0.1, -0.05) is 56.3 Å². The highest BCUT2D eigenvalue weighted by molar-refractivity contribution is 5.98. The first kappa shape index (κ1) is 28.3. The first-order valence-corrected chi connectivity index (χ1v) is 14.5. The van der Waals surface area contributed by atoms with Gasteiger partial charge in [0.2, 0.25) is 0 Å². The summed E-state index contributed by atoms with van der Waals surface area (Å²) in [5, 5.41) is 10.6. The van der Waals surface area contributed by atoms with Crippen molar-refractivity contribution in [1.29, 1.82) is 0 Å². The molecule has 0 aromatic heterocycles. The van der Waals surface area contributed by atoms with Crippen LogP contribution in [-0.4, -0.2) is 47.2 Å². The van der Waals surface area contributed by atoms with Crippen LogP contribution in [0.4, 0.5) is 4.39 Å². The number of halogens is 1. The van der Waals surface area contributed by atoms with E-state index in [1.165, 1.54) is 16.5 Å². The Morgan fingerprint density at radius 2 is 1.93 bits per heavy atom. The Morgan fingerprint density at radius 1 is 1.18 bits per heavy atom. The Balaban J connectivity index is 1.33. The van der Waals surface area contributed by atoms with Gasteiger partial charge >= 0.3 is 5.97 Å². The maximum atomic E-state index is 15.6. The highest BCUT2D eigenvalue weighted by atomic mass is 19.1. The van der Waals surface area contributed by atoms with Crippen molar-refractivity contribution in [3.05, 3.63) is 77.1 Å². The zero-order valence-electron chi connectivity index (χ0n) is 23.5. The summed E-state index contributed by atoms with van der Waals surface area (Å²) < 4.78 is 27.3. The summed E-state index contributed by atoms with van der Waals surface area (Å²) in [6, 6.07) is 10.9. The van der Waals surface area contributed by atoms with E-state index in [1.54, 1.807) is 6.07 Å². The third-order valence-electron chi connectivity index (χ3n) is 8.77.